The van der Waals surface area contributed by atoms with E-state index in [0.29, 0.717) is 25.1 Å². The minimum atomic E-state index is -4.52. The van der Waals surface area contributed by atoms with Crippen molar-refractivity contribution in [1.82, 2.24) is 10.3 Å². The lowest BCUT2D eigenvalue weighted by Gasteiger charge is -2.23. The molecule has 1 fully saturated rings. The molecule has 1 amide bonds. The van der Waals surface area contributed by atoms with Crippen molar-refractivity contribution in [3.63, 3.8) is 0 Å². The van der Waals surface area contributed by atoms with Crippen LogP contribution in [0.1, 0.15) is 17.7 Å². The third-order valence-electron chi connectivity index (χ3n) is 3.03. The first-order valence-electron chi connectivity index (χ1n) is 6.20. The van der Waals surface area contributed by atoms with E-state index in [1.165, 1.54) is 6.07 Å². The molecular weight excluding hydrogens is 273 g/mol. The summed E-state index contributed by atoms with van der Waals surface area (Å²) >= 11 is 0. The molecule has 1 aromatic heterocycles. The van der Waals surface area contributed by atoms with Gasteiger partial charge in [0.25, 0.3) is 0 Å². The SMILES string of the molecule is NCc1ccc(C(F)(F)F)nc1N1CCCNC(=O)C1. The average molecular weight is 288 g/mol. The van der Waals surface area contributed by atoms with Gasteiger partial charge >= 0.3 is 6.18 Å². The molecule has 1 saturated heterocycles. The van der Waals surface area contributed by atoms with Crippen LogP contribution in [0.5, 0.6) is 0 Å². The topological polar surface area (TPSA) is 71.2 Å². The first-order chi connectivity index (χ1) is 9.41. The van der Waals surface area contributed by atoms with Gasteiger partial charge in [-0.2, -0.15) is 13.2 Å². The van der Waals surface area contributed by atoms with Gasteiger partial charge < -0.3 is 16.0 Å². The average Bonchev–Trinajstić information content (AvgIpc) is 2.61. The van der Waals surface area contributed by atoms with Crippen molar-refractivity contribution < 1.29 is 18.0 Å². The van der Waals surface area contributed by atoms with Crippen molar-refractivity contribution >= 4 is 11.7 Å². The number of rotatable bonds is 2. The van der Waals surface area contributed by atoms with Crippen LogP contribution in [0.4, 0.5) is 19.0 Å². The number of hydrogen-bond acceptors (Lipinski definition) is 4. The number of carbonyl (C=O) groups is 1. The number of alkyl halides is 3. The Balaban J connectivity index is 2.39. The van der Waals surface area contributed by atoms with Crippen molar-refractivity contribution in [2.45, 2.75) is 19.1 Å². The Kier molecular flexibility index (Phi) is 4.12. The number of amides is 1. The number of halogens is 3. The molecule has 0 radical (unpaired) electrons. The lowest BCUT2D eigenvalue weighted by molar-refractivity contribution is -0.141. The van der Waals surface area contributed by atoms with Crippen molar-refractivity contribution in [3.8, 4) is 0 Å². The fraction of sp³-hybridized carbons (Fsp3) is 0.500. The van der Waals surface area contributed by atoms with Crippen LogP contribution in [0.2, 0.25) is 0 Å². The maximum absolute atomic E-state index is 12.7. The van der Waals surface area contributed by atoms with E-state index in [9.17, 15) is 18.0 Å². The Morgan fingerprint density at radius 3 is 2.80 bits per heavy atom. The molecule has 0 atom stereocenters. The summed E-state index contributed by atoms with van der Waals surface area (Å²) in [6.07, 6.45) is -3.87. The van der Waals surface area contributed by atoms with Crippen molar-refractivity contribution in [2.24, 2.45) is 5.73 Å². The van der Waals surface area contributed by atoms with Crippen LogP contribution >= 0.6 is 0 Å². The van der Waals surface area contributed by atoms with E-state index < -0.39 is 11.9 Å². The second-order valence-corrected chi connectivity index (χ2v) is 4.51. The number of aromatic nitrogens is 1. The number of anilines is 1. The molecule has 1 aliphatic rings. The minimum Gasteiger partial charge on any atom is -0.354 e. The fourth-order valence-corrected chi connectivity index (χ4v) is 2.06. The highest BCUT2D eigenvalue weighted by Crippen LogP contribution is 2.30. The highest BCUT2D eigenvalue weighted by Gasteiger charge is 2.33. The largest absolute Gasteiger partial charge is 0.433 e. The quantitative estimate of drug-likeness (QED) is 0.847. The molecule has 3 N–H and O–H groups in total. The molecule has 0 aromatic carbocycles. The maximum atomic E-state index is 12.7. The smallest absolute Gasteiger partial charge is 0.354 e. The van der Waals surface area contributed by atoms with E-state index in [2.05, 4.69) is 10.3 Å². The predicted molar refractivity (Wildman–Crippen MR) is 67.0 cm³/mol. The van der Waals surface area contributed by atoms with E-state index in [1.54, 1.807) is 4.90 Å². The summed E-state index contributed by atoms with van der Waals surface area (Å²) in [5, 5.41) is 2.66. The first kappa shape index (κ1) is 14.6. The Labute approximate surface area is 114 Å². The van der Waals surface area contributed by atoms with Crippen LogP contribution in [0, 0.1) is 0 Å². The van der Waals surface area contributed by atoms with Crippen LogP contribution in [0.3, 0.4) is 0 Å². The van der Waals surface area contributed by atoms with Gasteiger partial charge in [0.1, 0.15) is 11.5 Å². The summed E-state index contributed by atoms with van der Waals surface area (Å²) in [5.74, 6) is -0.0935. The molecule has 2 rings (SSSR count). The first-order valence-corrected chi connectivity index (χ1v) is 6.20. The van der Waals surface area contributed by atoms with Gasteiger partial charge in [0.15, 0.2) is 0 Å². The van der Waals surface area contributed by atoms with E-state index in [0.717, 1.165) is 6.07 Å². The Hall–Kier alpha value is -1.83. The highest BCUT2D eigenvalue weighted by atomic mass is 19.4. The minimum absolute atomic E-state index is 0.0126. The molecule has 2 heterocycles. The molecule has 0 saturated carbocycles. The van der Waals surface area contributed by atoms with Gasteiger partial charge in [0.05, 0.1) is 6.54 Å². The van der Waals surface area contributed by atoms with Gasteiger partial charge in [-0.3, -0.25) is 4.79 Å². The molecular formula is C12H15F3N4O. The summed E-state index contributed by atoms with van der Waals surface area (Å²) < 4.78 is 38.2. The van der Waals surface area contributed by atoms with Crippen molar-refractivity contribution in [3.05, 3.63) is 23.4 Å². The monoisotopic (exact) mass is 288 g/mol. The van der Waals surface area contributed by atoms with E-state index in [1.807, 2.05) is 0 Å². The summed E-state index contributed by atoms with van der Waals surface area (Å²) in [7, 11) is 0. The standard InChI is InChI=1S/C12H15F3N4O/c13-12(14,15)9-3-2-8(6-16)11(18-9)19-5-1-4-17-10(20)7-19/h2-3H,1,4-7,16H2,(H,17,20). The summed E-state index contributed by atoms with van der Waals surface area (Å²) in [4.78, 5) is 16.7. The van der Waals surface area contributed by atoms with Gasteiger partial charge in [0.2, 0.25) is 5.91 Å². The zero-order valence-electron chi connectivity index (χ0n) is 10.7. The second kappa shape index (κ2) is 5.66. The van der Waals surface area contributed by atoms with Crippen LogP contribution in [-0.4, -0.2) is 30.5 Å². The lowest BCUT2D eigenvalue weighted by Crippen LogP contribution is -2.34. The summed E-state index contributed by atoms with van der Waals surface area (Å²) in [5.41, 5.74) is 5.06. The maximum Gasteiger partial charge on any atom is 0.433 e. The molecule has 0 unspecified atom stereocenters. The zero-order chi connectivity index (χ0) is 14.8. The fourth-order valence-electron chi connectivity index (χ4n) is 2.06. The molecule has 5 nitrogen and oxygen atoms in total. The normalized spacial score (nSPS) is 16.8. The zero-order valence-corrected chi connectivity index (χ0v) is 10.7. The van der Waals surface area contributed by atoms with Crippen molar-refractivity contribution in [2.75, 3.05) is 24.5 Å². The van der Waals surface area contributed by atoms with Gasteiger partial charge in [-0.1, -0.05) is 6.07 Å². The highest BCUT2D eigenvalue weighted by molar-refractivity contribution is 5.81. The molecule has 0 aliphatic carbocycles. The van der Waals surface area contributed by atoms with Crippen LogP contribution in [0.25, 0.3) is 0 Å². The van der Waals surface area contributed by atoms with E-state index in [-0.39, 0.29) is 24.8 Å². The Morgan fingerprint density at radius 1 is 1.40 bits per heavy atom. The summed E-state index contributed by atoms with van der Waals surface area (Å²) in [6, 6.07) is 2.22. The lowest BCUT2D eigenvalue weighted by atomic mass is 10.2. The van der Waals surface area contributed by atoms with Crippen LogP contribution in [-0.2, 0) is 17.5 Å². The molecule has 1 aromatic rings. The third-order valence-corrected chi connectivity index (χ3v) is 3.03. The van der Waals surface area contributed by atoms with Gasteiger partial charge in [-0.05, 0) is 12.5 Å². The van der Waals surface area contributed by atoms with Crippen molar-refractivity contribution in [1.29, 1.82) is 0 Å². The Bertz CT molecular complexity index is 504. The number of nitrogens with one attached hydrogen (secondary N) is 1. The molecule has 0 bridgehead atoms. The molecule has 20 heavy (non-hydrogen) atoms. The number of hydrogen-bond donors (Lipinski definition) is 2. The number of nitrogens with zero attached hydrogens (tertiary/aromatic N) is 2. The van der Waals surface area contributed by atoms with Gasteiger partial charge in [0, 0.05) is 25.2 Å². The predicted octanol–water partition coefficient (Wildman–Crippen LogP) is 0.885. The number of nitrogens with two attached hydrogens (primary N) is 1. The van der Waals surface area contributed by atoms with E-state index >= 15 is 0 Å². The van der Waals surface area contributed by atoms with E-state index in [4.69, 9.17) is 5.73 Å². The van der Waals surface area contributed by atoms with Gasteiger partial charge in [-0.15, -0.1) is 0 Å². The van der Waals surface area contributed by atoms with Crippen LogP contribution < -0.4 is 16.0 Å². The number of carbonyl (C=O) groups excluding carboxylic acids is 1. The molecule has 110 valence electrons. The second-order valence-electron chi connectivity index (χ2n) is 4.51. The molecule has 8 heteroatoms. The molecule has 0 spiro atoms. The number of pyridine rings is 1. The van der Waals surface area contributed by atoms with Crippen LogP contribution in [0.15, 0.2) is 12.1 Å². The summed E-state index contributed by atoms with van der Waals surface area (Å²) in [6.45, 7) is 1.02. The Morgan fingerprint density at radius 2 is 2.15 bits per heavy atom. The third kappa shape index (κ3) is 3.19. The van der Waals surface area contributed by atoms with Gasteiger partial charge in [-0.25, -0.2) is 4.98 Å². The molecule has 1 aliphatic heterocycles.